The average molecular weight is 233 g/mol. The Hall–Kier alpha value is -1.51. The van der Waals surface area contributed by atoms with Crippen LogP contribution in [0.3, 0.4) is 0 Å². The molecule has 0 aliphatic carbocycles. The second kappa shape index (κ2) is 4.40. The van der Waals surface area contributed by atoms with E-state index in [0.717, 1.165) is 18.5 Å². The minimum Gasteiger partial charge on any atom is -0.481 e. The van der Waals surface area contributed by atoms with Gasteiger partial charge in [-0.3, -0.25) is 4.79 Å². The Labute approximate surface area is 102 Å². The number of nitrogens with zero attached hydrogens (tertiary/aromatic N) is 1. The Morgan fingerprint density at radius 2 is 2.12 bits per heavy atom. The van der Waals surface area contributed by atoms with Gasteiger partial charge in [-0.05, 0) is 29.5 Å². The lowest BCUT2D eigenvalue weighted by Crippen LogP contribution is -2.17. The van der Waals surface area contributed by atoms with Gasteiger partial charge in [0.15, 0.2) is 0 Å². The zero-order chi connectivity index (χ0) is 12.6. The number of hydrogen-bond donors (Lipinski definition) is 1. The van der Waals surface area contributed by atoms with Gasteiger partial charge in [0.1, 0.15) is 0 Å². The third-order valence-electron chi connectivity index (χ3n) is 3.52. The molecule has 2 rings (SSSR count). The van der Waals surface area contributed by atoms with Crippen LogP contribution >= 0.6 is 0 Å². The molecular weight excluding hydrogens is 214 g/mol. The van der Waals surface area contributed by atoms with Crippen LogP contribution in [-0.2, 0) is 11.2 Å². The summed E-state index contributed by atoms with van der Waals surface area (Å²) >= 11 is 0. The van der Waals surface area contributed by atoms with Crippen molar-refractivity contribution in [2.75, 3.05) is 18.5 Å². The minimum atomic E-state index is -0.730. The van der Waals surface area contributed by atoms with Gasteiger partial charge in [0.2, 0.25) is 0 Å². The first-order chi connectivity index (χ1) is 8.00. The van der Waals surface area contributed by atoms with Crippen LogP contribution in [0.1, 0.15) is 30.9 Å². The summed E-state index contributed by atoms with van der Waals surface area (Å²) in [5, 5.41) is 9.29. The lowest BCUT2D eigenvalue weighted by molar-refractivity contribution is -0.139. The molecule has 3 heteroatoms. The maximum absolute atomic E-state index is 11.3. The molecule has 92 valence electrons. The maximum Gasteiger partial charge on any atom is 0.311 e. The van der Waals surface area contributed by atoms with Crippen molar-refractivity contribution in [1.29, 1.82) is 0 Å². The Kier molecular flexibility index (Phi) is 3.09. The topological polar surface area (TPSA) is 40.5 Å². The number of hydrogen-bond acceptors (Lipinski definition) is 2. The van der Waals surface area contributed by atoms with Crippen molar-refractivity contribution >= 4 is 11.7 Å². The zero-order valence-electron chi connectivity index (χ0n) is 10.6. The van der Waals surface area contributed by atoms with Crippen molar-refractivity contribution in [1.82, 2.24) is 0 Å². The Balaban J connectivity index is 2.37. The molecule has 0 radical (unpaired) electrons. The first kappa shape index (κ1) is 12.0. The van der Waals surface area contributed by atoms with Crippen LogP contribution in [-0.4, -0.2) is 24.7 Å². The number of carboxylic acid groups (broad SMARTS) is 1. The average Bonchev–Trinajstić information content (AvgIpc) is 2.59. The van der Waals surface area contributed by atoms with Gasteiger partial charge in [0.05, 0.1) is 5.92 Å². The highest BCUT2D eigenvalue weighted by Gasteiger charge is 2.25. The number of carbonyl (C=O) groups is 1. The van der Waals surface area contributed by atoms with Crippen LogP contribution in [0.4, 0.5) is 5.69 Å². The maximum atomic E-state index is 11.3. The first-order valence-electron chi connectivity index (χ1n) is 6.07. The largest absolute Gasteiger partial charge is 0.481 e. The van der Waals surface area contributed by atoms with Crippen molar-refractivity contribution in [2.24, 2.45) is 5.92 Å². The van der Waals surface area contributed by atoms with Crippen LogP contribution in [0.5, 0.6) is 0 Å². The fraction of sp³-hybridized carbons (Fsp3) is 0.500. The predicted octanol–water partition coefficient (Wildman–Crippen LogP) is 2.50. The van der Waals surface area contributed by atoms with Crippen molar-refractivity contribution in [3.05, 3.63) is 29.3 Å². The second-order valence-electron chi connectivity index (χ2n) is 5.12. The van der Waals surface area contributed by atoms with Crippen molar-refractivity contribution < 1.29 is 9.90 Å². The molecule has 0 saturated heterocycles. The molecule has 1 aliphatic heterocycles. The summed E-state index contributed by atoms with van der Waals surface area (Å²) in [6.45, 7) is 4.94. The molecule has 1 aliphatic rings. The van der Waals surface area contributed by atoms with Crippen LogP contribution in [0.15, 0.2) is 18.2 Å². The van der Waals surface area contributed by atoms with Gasteiger partial charge >= 0.3 is 5.97 Å². The molecule has 0 bridgehead atoms. The summed E-state index contributed by atoms with van der Waals surface area (Å²) in [5.41, 5.74) is 3.44. The number of anilines is 1. The van der Waals surface area contributed by atoms with E-state index in [1.165, 1.54) is 11.3 Å². The number of likely N-dealkylation sites (N-methyl/N-ethyl adjacent to an activating group) is 1. The minimum absolute atomic E-state index is 0.115. The van der Waals surface area contributed by atoms with E-state index in [1.54, 1.807) is 0 Å². The van der Waals surface area contributed by atoms with Crippen LogP contribution in [0.2, 0.25) is 0 Å². The lowest BCUT2D eigenvalue weighted by Gasteiger charge is -2.18. The van der Waals surface area contributed by atoms with Gasteiger partial charge < -0.3 is 10.0 Å². The molecule has 1 atom stereocenters. The quantitative estimate of drug-likeness (QED) is 0.872. The molecule has 3 nitrogen and oxygen atoms in total. The summed E-state index contributed by atoms with van der Waals surface area (Å²) < 4.78 is 0. The first-order valence-corrected chi connectivity index (χ1v) is 6.07. The van der Waals surface area contributed by atoms with E-state index in [4.69, 9.17) is 0 Å². The second-order valence-corrected chi connectivity index (χ2v) is 5.12. The molecule has 0 aromatic heterocycles. The van der Waals surface area contributed by atoms with E-state index in [1.807, 2.05) is 19.9 Å². The lowest BCUT2D eigenvalue weighted by atomic mass is 9.87. The molecule has 1 N–H and O–H groups in total. The molecule has 17 heavy (non-hydrogen) atoms. The zero-order valence-corrected chi connectivity index (χ0v) is 10.6. The van der Waals surface area contributed by atoms with Gasteiger partial charge in [0, 0.05) is 19.3 Å². The number of carboxylic acids is 1. The van der Waals surface area contributed by atoms with E-state index in [-0.39, 0.29) is 5.92 Å². The molecule has 1 heterocycles. The standard InChI is InChI=1S/C14H19NO2/c1-9(2)13(14(16)17)11-4-5-12-10(8-11)6-7-15(12)3/h4-5,8-9,13H,6-7H2,1-3H3,(H,16,17). The third-order valence-corrected chi connectivity index (χ3v) is 3.52. The highest BCUT2D eigenvalue weighted by molar-refractivity contribution is 5.77. The van der Waals surface area contributed by atoms with Gasteiger partial charge in [0.25, 0.3) is 0 Å². The fourth-order valence-corrected chi connectivity index (χ4v) is 2.59. The Morgan fingerprint density at radius 3 is 2.71 bits per heavy atom. The van der Waals surface area contributed by atoms with Crippen LogP contribution in [0.25, 0.3) is 0 Å². The monoisotopic (exact) mass is 233 g/mol. The summed E-state index contributed by atoms with van der Waals surface area (Å²) in [6, 6.07) is 6.08. The summed E-state index contributed by atoms with van der Waals surface area (Å²) in [5.74, 6) is -1.01. The van der Waals surface area contributed by atoms with Crippen molar-refractivity contribution in [3.63, 3.8) is 0 Å². The van der Waals surface area contributed by atoms with Gasteiger partial charge in [-0.2, -0.15) is 0 Å². The fourth-order valence-electron chi connectivity index (χ4n) is 2.59. The van der Waals surface area contributed by atoms with Gasteiger partial charge in [-0.15, -0.1) is 0 Å². The molecule has 0 amide bonds. The summed E-state index contributed by atoms with van der Waals surface area (Å²) in [7, 11) is 2.07. The molecule has 0 spiro atoms. The molecule has 0 saturated carbocycles. The number of fused-ring (bicyclic) bond motifs is 1. The molecule has 1 unspecified atom stereocenters. The molecule has 1 aromatic carbocycles. The van der Waals surface area contributed by atoms with E-state index >= 15 is 0 Å². The van der Waals surface area contributed by atoms with E-state index in [0.29, 0.717) is 0 Å². The number of rotatable bonds is 3. The molecule has 0 fully saturated rings. The van der Waals surface area contributed by atoms with E-state index < -0.39 is 11.9 Å². The SMILES string of the molecule is CC(C)C(C(=O)O)c1ccc2c(c1)CCN2C. The summed E-state index contributed by atoms with van der Waals surface area (Å²) in [6.07, 6.45) is 1.02. The van der Waals surface area contributed by atoms with Crippen LogP contribution in [0, 0.1) is 5.92 Å². The van der Waals surface area contributed by atoms with E-state index in [2.05, 4.69) is 24.1 Å². The molecular formula is C14H19NO2. The third kappa shape index (κ3) is 2.14. The highest BCUT2D eigenvalue weighted by atomic mass is 16.4. The summed E-state index contributed by atoms with van der Waals surface area (Å²) in [4.78, 5) is 13.5. The van der Waals surface area contributed by atoms with Gasteiger partial charge in [-0.25, -0.2) is 0 Å². The predicted molar refractivity (Wildman–Crippen MR) is 68.6 cm³/mol. The van der Waals surface area contributed by atoms with Crippen molar-refractivity contribution in [2.45, 2.75) is 26.2 Å². The highest BCUT2D eigenvalue weighted by Crippen LogP contribution is 2.32. The van der Waals surface area contributed by atoms with Crippen molar-refractivity contribution in [3.8, 4) is 0 Å². The number of aliphatic carboxylic acids is 1. The number of benzene rings is 1. The Bertz CT molecular complexity index is 440. The molecule has 1 aromatic rings. The smallest absolute Gasteiger partial charge is 0.311 e. The van der Waals surface area contributed by atoms with E-state index in [9.17, 15) is 9.90 Å². The van der Waals surface area contributed by atoms with Gasteiger partial charge in [-0.1, -0.05) is 26.0 Å². The normalized spacial score (nSPS) is 16.1. The van der Waals surface area contributed by atoms with Crippen LogP contribution < -0.4 is 4.90 Å². The Morgan fingerprint density at radius 1 is 1.41 bits per heavy atom.